The molecule has 0 aromatic rings. The van der Waals surface area contributed by atoms with Gasteiger partial charge >= 0.3 is 0 Å². The van der Waals surface area contributed by atoms with E-state index in [0.717, 1.165) is 32.6 Å². The summed E-state index contributed by atoms with van der Waals surface area (Å²) in [6.45, 7) is 8.09. The molecule has 1 rings (SSSR count). The summed E-state index contributed by atoms with van der Waals surface area (Å²) in [5.41, 5.74) is -1.03. The Balaban J connectivity index is 2.65. The van der Waals surface area contributed by atoms with Gasteiger partial charge in [0.25, 0.3) is 0 Å². The number of carbonyl (C=O) groups excluding carboxylic acids is 2. The van der Waals surface area contributed by atoms with Gasteiger partial charge in [-0.1, -0.05) is 0 Å². The highest BCUT2D eigenvalue weighted by Gasteiger charge is 2.35. The number of rotatable bonds is 0. The van der Waals surface area contributed by atoms with Gasteiger partial charge in [-0.15, -0.1) is 0 Å². The average Bonchev–Trinajstić information content (AvgIpc) is 2.37. The third-order valence-corrected chi connectivity index (χ3v) is 3.77. The highest BCUT2D eigenvalue weighted by Crippen LogP contribution is 2.15. The molecule has 2 N–H and O–H groups in total. The highest BCUT2D eigenvalue weighted by molar-refractivity contribution is 6.04. The van der Waals surface area contributed by atoms with Gasteiger partial charge in [-0.25, -0.2) is 0 Å². The number of carbonyl (C=O) groups is 2. The average molecular weight is 284 g/mol. The summed E-state index contributed by atoms with van der Waals surface area (Å²) in [5.74, 6) is -0.428. The van der Waals surface area contributed by atoms with E-state index in [9.17, 15) is 9.59 Å². The molecule has 0 aliphatic carbocycles. The third-order valence-electron chi connectivity index (χ3n) is 3.77. The van der Waals surface area contributed by atoms with Crippen molar-refractivity contribution < 1.29 is 9.59 Å². The van der Waals surface area contributed by atoms with Gasteiger partial charge in [-0.2, -0.15) is 0 Å². The van der Waals surface area contributed by atoms with Crippen LogP contribution in [0.3, 0.4) is 0 Å². The maximum atomic E-state index is 12.1. The Morgan fingerprint density at radius 3 is 1.65 bits per heavy atom. The maximum absolute atomic E-state index is 12.1. The standard InChI is InChI=1S/C14H28N4O2/c1-14(2)12(19)15-6-10-17(3)8-5-9-18(4)11-7-16-13(14)20/h5-11H2,1-4H3,(H,15,19)(H,16,20). The van der Waals surface area contributed by atoms with Crippen molar-refractivity contribution in [3.8, 4) is 0 Å². The molecule has 1 aliphatic heterocycles. The van der Waals surface area contributed by atoms with Crippen LogP contribution in [0, 0.1) is 5.41 Å². The fraction of sp³-hybridized carbons (Fsp3) is 0.857. The van der Waals surface area contributed by atoms with Crippen molar-refractivity contribution in [1.82, 2.24) is 20.4 Å². The van der Waals surface area contributed by atoms with Gasteiger partial charge < -0.3 is 20.4 Å². The summed E-state index contributed by atoms with van der Waals surface area (Å²) < 4.78 is 0. The van der Waals surface area contributed by atoms with E-state index < -0.39 is 5.41 Å². The Bertz CT molecular complexity index is 314. The molecule has 6 heteroatoms. The van der Waals surface area contributed by atoms with Gasteiger partial charge in [0, 0.05) is 26.2 Å². The minimum Gasteiger partial charge on any atom is -0.354 e. The molecule has 1 saturated heterocycles. The number of hydrogen-bond acceptors (Lipinski definition) is 4. The number of likely N-dealkylation sites (N-methyl/N-ethyl adjacent to an activating group) is 2. The Hall–Kier alpha value is -1.14. The summed E-state index contributed by atoms with van der Waals surface area (Å²) in [6, 6.07) is 0. The molecule has 0 bridgehead atoms. The minimum atomic E-state index is -1.03. The zero-order valence-electron chi connectivity index (χ0n) is 13.2. The van der Waals surface area contributed by atoms with Crippen LogP contribution in [-0.4, -0.2) is 75.0 Å². The molecule has 116 valence electrons. The fourth-order valence-electron chi connectivity index (χ4n) is 2.10. The van der Waals surface area contributed by atoms with Crippen LogP contribution in [0.4, 0.5) is 0 Å². The van der Waals surface area contributed by atoms with Crippen LogP contribution in [0.15, 0.2) is 0 Å². The van der Waals surface area contributed by atoms with E-state index in [4.69, 9.17) is 0 Å². The van der Waals surface area contributed by atoms with Crippen LogP contribution in [0.1, 0.15) is 20.3 Å². The van der Waals surface area contributed by atoms with Crippen molar-refractivity contribution in [2.75, 3.05) is 53.4 Å². The molecule has 0 radical (unpaired) electrons. The molecule has 1 fully saturated rings. The number of amides is 2. The monoisotopic (exact) mass is 284 g/mol. The minimum absolute atomic E-state index is 0.214. The molecule has 6 nitrogen and oxygen atoms in total. The predicted octanol–water partition coefficient (Wildman–Crippen LogP) is -0.488. The number of hydrogen-bond donors (Lipinski definition) is 2. The van der Waals surface area contributed by atoms with E-state index in [2.05, 4.69) is 34.5 Å². The molecule has 0 atom stereocenters. The molecule has 20 heavy (non-hydrogen) atoms. The van der Waals surface area contributed by atoms with Crippen LogP contribution >= 0.6 is 0 Å². The molecule has 0 aromatic carbocycles. The van der Waals surface area contributed by atoms with E-state index in [1.54, 1.807) is 13.8 Å². The quantitative estimate of drug-likeness (QED) is 0.589. The summed E-state index contributed by atoms with van der Waals surface area (Å²) in [6.07, 6.45) is 1.08. The van der Waals surface area contributed by atoms with E-state index in [0.29, 0.717) is 13.1 Å². The van der Waals surface area contributed by atoms with Crippen molar-refractivity contribution in [3.05, 3.63) is 0 Å². The van der Waals surface area contributed by atoms with Crippen molar-refractivity contribution in [2.24, 2.45) is 5.41 Å². The van der Waals surface area contributed by atoms with Gasteiger partial charge in [0.15, 0.2) is 0 Å². The first-order valence-electron chi connectivity index (χ1n) is 7.27. The van der Waals surface area contributed by atoms with Crippen LogP contribution < -0.4 is 10.6 Å². The van der Waals surface area contributed by atoms with Crippen molar-refractivity contribution >= 4 is 11.8 Å². The first-order valence-corrected chi connectivity index (χ1v) is 7.27. The Kier molecular flexibility index (Phi) is 6.42. The van der Waals surface area contributed by atoms with Crippen molar-refractivity contribution in [1.29, 1.82) is 0 Å². The predicted molar refractivity (Wildman–Crippen MR) is 79.4 cm³/mol. The molecule has 2 amide bonds. The third kappa shape index (κ3) is 5.09. The van der Waals surface area contributed by atoms with Crippen molar-refractivity contribution in [2.45, 2.75) is 20.3 Å². The van der Waals surface area contributed by atoms with Crippen LogP contribution in [0.5, 0.6) is 0 Å². The zero-order valence-corrected chi connectivity index (χ0v) is 13.2. The van der Waals surface area contributed by atoms with Gasteiger partial charge in [-0.05, 0) is 47.5 Å². The molecule has 0 aromatic heterocycles. The summed E-state index contributed by atoms with van der Waals surface area (Å²) in [4.78, 5) is 28.6. The molecular formula is C14H28N4O2. The molecule has 1 heterocycles. The molecule has 0 unspecified atom stereocenters. The van der Waals surface area contributed by atoms with Gasteiger partial charge in [0.1, 0.15) is 5.41 Å². The Labute approximate surface area is 121 Å². The molecule has 0 saturated carbocycles. The fourth-order valence-corrected chi connectivity index (χ4v) is 2.10. The lowest BCUT2D eigenvalue weighted by Gasteiger charge is -2.26. The van der Waals surface area contributed by atoms with Gasteiger partial charge in [-0.3, -0.25) is 9.59 Å². The van der Waals surface area contributed by atoms with Crippen LogP contribution in [-0.2, 0) is 9.59 Å². The second kappa shape index (κ2) is 7.59. The SMILES string of the molecule is CN1CCCN(C)CCNC(=O)C(C)(C)C(=O)NCC1. The maximum Gasteiger partial charge on any atom is 0.235 e. The molecular weight excluding hydrogens is 256 g/mol. The topological polar surface area (TPSA) is 64.7 Å². The molecule has 0 spiro atoms. The highest BCUT2D eigenvalue weighted by atomic mass is 16.2. The first-order chi connectivity index (χ1) is 9.34. The lowest BCUT2D eigenvalue weighted by Crippen LogP contribution is -2.50. The van der Waals surface area contributed by atoms with Gasteiger partial charge in [0.05, 0.1) is 0 Å². The van der Waals surface area contributed by atoms with E-state index in [1.165, 1.54) is 0 Å². The molecule has 1 aliphatic rings. The number of nitrogens with zero attached hydrogens (tertiary/aromatic N) is 2. The summed E-state index contributed by atoms with van der Waals surface area (Å²) in [7, 11) is 4.10. The number of nitrogens with one attached hydrogen (secondary N) is 2. The summed E-state index contributed by atoms with van der Waals surface area (Å²) >= 11 is 0. The lowest BCUT2D eigenvalue weighted by atomic mass is 9.91. The first kappa shape index (κ1) is 16.9. The Morgan fingerprint density at radius 1 is 0.850 bits per heavy atom. The van der Waals surface area contributed by atoms with Crippen LogP contribution in [0.25, 0.3) is 0 Å². The van der Waals surface area contributed by atoms with Gasteiger partial charge in [0.2, 0.25) is 11.8 Å². The zero-order chi connectivity index (χ0) is 15.2. The van der Waals surface area contributed by atoms with E-state index >= 15 is 0 Å². The van der Waals surface area contributed by atoms with E-state index in [-0.39, 0.29) is 11.8 Å². The van der Waals surface area contributed by atoms with E-state index in [1.807, 2.05) is 0 Å². The smallest absolute Gasteiger partial charge is 0.235 e. The summed E-state index contributed by atoms with van der Waals surface area (Å²) in [5, 5.41) is 5.69. The normalized spacial score (nSPS) is 24.6. The Morgan fingerprint density at radius 2 is 1.25 bits per heavy atom. The second-order valence-corrected chi connectivity index (χ2v) is 6.10. The largest absolute Gasteiger partial charge is 0.354 e. The van der Waals surface area contributed by atoms with Crippen LogP contribution in [0.2, 0.25) is 0 Å². The lowest BCUT2D eigenvalue weighted by molar-refractivity contribution is -0.141. The second-order valence-electron chi connectivity index (χ2n) is 6.10. The van der Waals surface area contributed by atoms with Crippen molar-refractivity contribution in [3.63, 3.8) is 0 Å².